The maximum Gasteiger partial charge on any atom is 0.229 e. The summed E-state index contributed by atoms with van der Waals surface area (Å²) in [4.78, 5) is 26.3. The van der Waals surface area contributed by atoms with Gasteiger partial charge in [0, 0.05) is 31.0 Å². The van der Waals surface area contributed by atoms with Crippen molar-refractivity contribution in [3.05, 3.63) is 101 Å². The van der Waals surface area contributed by atoms with Crippen molar-refractivity contribution in [3.8, 4) is 40.2 Å². The molecule has 18 nitrogen and oxygen atoms in total. The van der Waals surface area contributed by atoms with Gasteiger partial charge in [-0.05, 0) is 24.0 Å². The Balaban J connectivity index is 1.22. The van der Waals surface area contributed by atoms with Crippen molar-refractivity contribution < 1.29 is 89.4 Å². The Bertz CT molecular complexity index is 2070. The highest BCUT2D eigenvalue weighted by atomic mass is 16.7. The summed E-state index contributed by atoms with van der Waals surface area (Å²) in [6.45, 7) is -1.62. The van der Waals surface area contributed by atoms with Crippen molar-refractivity contribution in [2.75, 3.05) is 13.2 Å². The molecule has 0 radical (unpaired) electrons. The maximum atomic E-state index is 13.4. The van der Waals surface area contributed by atoms with E-state index in [1.807, 2.05) is 18.2 Å². The van der Waals surface area contributed by atoms with Crippen LogP contribution in [0.5, 0.6) is 40.2 Å². The Kier molecular flexibility index (Phi) is 14.1. The zero-order chi connectivity index (χ0) is 43.2. The molecule has 2 heterocycles. The number of phenolic OH excluding ortho intramolecular Hbond substituents is 4. The molecule has 18 heteroatoms. The van der Waals surface area contributed by atoms with Crippen molar-refractivity contribution in [3.63, 3.8) is 0 Å². The highest BCUT2D eigenvalue weighted by Crippen LogP contribution is 2.46. The smallest absolute Gasteiger partial charge is 0.229 e. The summed E-state index contributed by atoms with van der Waals surface area (Å²) in [7, 11) is 0. The molecular weight excluding hydrogens is 792 g/mol. The largest absolute Gasteiger partial charge is 0.507 e. The van der Waals surface area contributed by atoms with Gasteiger partial charge >= 0.3 is 0 Å². The molecule has 6 rings (SSSR count). The molecule has 2 aliphatic rings. The molecule has 0 spiro atoms. The number of phenols is 4. The molecular formula is C42H46O18. The molecule has 4 aromatic rings. The molecule has 2 saturated heterocycles. The van der Waals surface area contributed by atoms with Gasteiger partial charge in [-0.25, -0.2) is 0 Å². The molecule has 0 bridgehead atoms. The van der Waals surface area contributed by atoms with Gasteiger partial charge in [0.2, 0.25) is 18.3 Å². The van der Waals surface area contributed by atoms with Gasteiger partial charge in [-0.2, -0.15) is 0 Å². The van der Waals surface area contributed by atoms with Crippen LogP contribution in [0.1, 0.15) is 44.7 Å². The van der Waals surface area contributed by atoms with Crippen LogP contribution < -0.4 is 14.2 Å². The predicted molar refractivity (Wildman–Crippen MR) is 205 cm³/mol. The van der Waals surface area contributed by atoms with E-state index in [0.29, 0.717) is 6.42 Å². The number of aromatic hydroxyl groups is 4. The third-order valence-corrected chi connectivity index (χ3v) is 10.2. The Morgan fingerprint density at radius 2 is 1.03 bits per heavy atom. The first-order valence-electron chi connectivity index (χ1n) is 18.9. The summed E-state index contributed by atoms with van der Waals surface area (Å²) in [5, 5.41) is 117. The molecule has 10 atom stereocenters. The molecule has 0 aromatic heterocycles. The van der Waals surface area contributed by atoms with Crippen molar-refractivity contribution in [1.82, 2.24) is 0 Å². The van der Waals surface area contributed by atoms with Crippen molar-refractivity contribution in [1.29, 1.82) is 0 Å². The van der Waals surface area contributed by atoms with Crippen molar-refractivity contribution in [2.45, 2.75) is 87.1 Å². The molecule has 322 valence electrons. The number of hydrogen-bond acceptors (Lipinski definition) is 18. The van der Waals surface area contributed by atoms with Gasteiger partial charge in [0.1, 0.15) is 89.6 Å². The van der Waals surface area contributed by atoms with Crippen LogP contribution in [0.15, 0.2) is 78.9 Å². The lowest BCUT2D eigenvalue weighted by molar-refractivity contribution is -0.279. The average molecular weight is 839 g/mol. The molecule has 0 amide bonds. The summed E-state index contributed by atoms with van der Waals surface area (Å²) >= 11 is 0. The Hall–Kier alpha value is -5.54. The fraction of sp³-hybridized carbons (Fsp3) is 0.381. The topological polar surface area (TPSA) is 303 Å². The summed E-state index contributed by atoms with van der Waals surface area (Å²) < 4.78 is 28.2. The van der Waals surface area contributed by atoms with Crippen LogP contribution in [0.25, 0.3) is 0 Å². The second-order valence-electron chi connectivity index (χ2n) is 14.4. The van der Waals surface area contributed by atoms with E-state index in [0.717, 1.165) is 29.3 Å². The Labute approximate surface area is 342 Å². The van der Waals surface area contributed by atoms with Gasteiger partial charge in [0.05, 0.1) is 6.61 Å². The summed E-state index contributed by atoms with van der Waals surface area (Å²) in [6, 6.07) is 20.7. The highest BCUT2D eigenvalue weighted by Gasteiger charge is 2.47. The molecule has 2 aliphatic heterocycles. The van der Waals surface area contributed by atoms with Crippen molar-refractivity contribution >= 4 is 11.6 Å². The second-order valence-corrected chi connectivity index (χ2v) is 14.4. The SMILES string of the molecule is O=C(CCc1ccccc1)c1c(O)cc(O[C@@H]2O[C@H](COc3c(O[C@@H]4O[C@H](CO)[C@@H](O)[C@H](O)[C@H]4O)cc(O)c(C(=O)CCc4ccccc4)c3O)[C@@H](O)[C@H](O)[C@H]2O)cc1O. The number of Topliss-reactive ketones (excluding diaryl/α,β-unsaturated/α-hetero) is 2. The normalized spacial score (nSPS) is 26.6. The fourth-order valence-corrected chi connectivity index (χ4v) is 6.85. The zero-order valence-electron chi connectivity index (χ0n) is 31.8. The maximum absolute atomic E-state index is 13.4. The van der Waals surface area contributed by atoms with Gasteiger partial charge in [-0.15, -0.1) is 0 Å². The van der Waals surface area contributed by atoms with E-state index >= 15 is 0 Å². The monoisotopic (exact) mass is 838 g/mol. The standard InChI is InChI=1S/C42H46O18/c43-18-29-33(49)36(52)39(55)42(59-29)58-28-17-27(48)32(24(45)14-12-21-9-5-2-6-10-21)35(51)40(28)56-19-30-34(50)37(53)38(54)41(60-30)57-22-15-25(46)31(26(47)16-22)23(44)13-11-20-7-3-1-4-8-20/h1-10,15-17,29-30,33-34,36-39,41-43,46-55H,11-14,18-19H2/t29-,30-,33-,34-,36+,37+,38-,39-,41-,42-/m1/s1. The molecule has 60 heavy (non-hydrogen) atoms. The summed E-state index contributed by atoms with van der Waals surface area (Å²) in [5.74, 6) is -6.00. The Morgan fingerprint density at radius 1 is 0.567 bits per heavy atom. The lowest BCUT2D eigenvalue weighted by Gasteiger charge is -2.40. The van der Waals surface area contributed by atoms with Crippen LogP contribution in [0.2, 0.25) is 0 Å². The molecule has 4 aromatic carbocycles. The van der Waals surface area contributed by atoms with E-state index in [-0.39, 0.29) is 30.6 Å². The van der Waals surface area contributed by atoms with E-state index in [4.69, 9.17) is 23.7 Å². The second kappa shape index (κ2) is 19.2. The summed E-state index contributed by atoms with van der Waals surface area (Å²) in [5.41, 5.74) is 0.654. The van der Waals surface area contributed by atoms with Crippen molar-refractivity contribution in [2.24, 2.45) is 0 Å². The van der Waals surface area contributed by atoms with Crippen LogP contribution in [0, 0.1) is 0 Å². The minimum absolute atomic E-state index is 0.0449. The number of ether oxygens (including phenoxy) is 5. The number of hydrogen-bond donors (Lipinski definition) is 11. The summed E-state index contributed by atoms with van der Waals surface area (Å²) in [6.07, 6.45) is -17.8. The van der Waals surface area contributed by atoms with E-state index in [1.165, 1.54) is 0 Å². The first kappa shape index (κ1) is 44.0. The first-order valence-corrected chi connectivity index (χ1v) is 18.9. The number of aliphatic hydroxyl groups excluding tert-OH is 7. The van der Waals surface area contributed by atoms with Crippen LogP contribution in [-0.2, 0) is 22.3 Å². The van der Waals surface area contributed by atoms with E-state index in [2.05, 4.69) is 0 Å². The van der Waals surface area contributed by atoms with Gasteiger partial charge in [0.15, 0.2) is 23.1 Å². The molecule has 0 saturated carbocycles. The van der Waals surface area contributed by atoms with Gasteiger partial charge < -0.3 is 79.9 Å². The minimum atomic E-state index is -1.97. The predicted octanol–water partition coefficient (Wildman–Crippen LogP) is 0.584. The Morgan fingerprint density at radius 3 is 1.57 bits per heavy atom. The molecule has 11 N–H and O–H groups in total. The lowest BCUT2D eigenvalue weighted by atomic mass is 9.98. The van der Waals surface area contributed by atoms with Crippen LogP contribution >= 0.6 is 0 Å². The number of benzene rings is 4. The van der Waals surface area contributed by atoms with Gasteiger partial charge in [-0.1, -0.05) is 60.7 Å². The lowest BCUT2D eigenvalue weighted by Crippen LogP contribution is -2.60. The number of carbonyl (C=O) groups is 2. The van der Waals surface area contributed by atoms with E-state index in [1.54, 1.807) is 42.5 Å². The third kappa shape index (κ3) is 9.73. The number of rotatable bonds is 16. The highest BCUT2D eigenvalue weighted by molar-refractivity contribution is 6.02. The third-order valence-electron chi connectivity index (χ3n) is 10.2. The minimum Gasteiger partial charge on any atom is -0.507 e. The van der Waals surface area contributed by atoms with Crippen LogP contribution in [-0.4, -0.2) is 142 Å². The molecule has 0 unspecified atom stereocenters. The van der Waals surface area contributed by atoms with Gasteiger partial charge in [0.25, 0.3) is 0 Å². The van der Waals surface area contributed by atoms with E-state index in [9.17, 15) is 65.8 Å². The number of carbonyl (C=O) groups excluding carboxylic acids is 2. The average Bonchev–Trinajstić information content (AvgIpc) is 3.23. The first-order chi connectivity index (χ1) is 28.7. The molecule has 0 aliphatic carbocycles. The zero-order valence-corrected chi connectivity index (χ0v) is 31.8. The van der Waals surface area contributed by atoms with Gasteiger partial charge in [-0.3, -0.25) is 9.59 Å². The number of aliphatic hydroxyl groups is 7. The fourth-order valence-electron chi connectivity index (χ4n) is 6.85. The van der Waals surface area contributed by atoms with Crippen LogP contribution in [0.4, 0.5) is 0 Å². The number of aryl methyl sites for hydroxylation is 2. The van der Waals surface area contributed by atoms with E-state index < -0.39 is 126 Å². The van der Waals surface area contributed by atoms with Crippen LogP contribution in [0.3, 0.4) is 0 Å². The number of ketones is 2. The quantitative estimate of drug-likeness (QED) is 0.0688. The molecule has 2 fully saturated rings.